The van der Waals surface area contributed by atoms with Gasteiger partial charge in [0.05, 0.1) is 24.7 Å². The third kappa shape index (κ3) is 5.21. The van der Waals surface area contributed by atoms with Crippen LogP contribution in [0, 0.1) is 5.92 Å². The van der Waals surface area contributed by atoms with E-state index in [1.165, 1.54) is 14.2 Å². The average molecular weight is 492 g/mol. The SMILES string of the molecule is CCC(C)CNc1cnc2c(c1)c(NC(=O)COC)c(C(=O)OC)n2CCc1c[nH]c2ccccc12. The molecule has 0 spiro atoms. The number of hydrogen-bond donors (Lipinski definition) is 3. The highest BCUT2D eigenvalue weighted by molar-refractivity contribution is 6.11. The van der Waals surface area contributed by atoms with Crippen molar-refractivity contribution in [2.24, 2.45) is 5.92 Å². The van der Waals surface area contributed by atoms with Crippen molar-refractivity contribution < 1.29 is 19.1 Å². The van der Waals surface area contributed by atoms with Crippen LogP contribution in [-0.4, -0.2) is 53.8 Å². The fourth-order valence-electron chi connectivity index (χ4n) is 4.29. The number of nitrogens with one attached hydrogen (secondary N) is 3. The molecule has 1 amide bonds. The number of rotatable bonds is 11. The molecule has 9 heteroatoms. The average Bonchev–Trinajstić information content (AvgIpc) is 3.44. The van der Waals surface area contributed by atoms with E-state index in [1.807, 2.05) is 35.0 Å². The minimum Gasteiger partial charge on any atom is -0.464 e. The van der Waals surface area contributed by atoms with Crippen molar-refractivity contribution in [1.82, 2.24) is 14.5 Å². The summed E-state index contributed by atoms with van der Waals surface area (Å²) in [5.41, 5.74) is 4.22. The van der Waals surface area contributed by atoms with E-state index < -0.39 is 5.97 Å². The zero-order valence-corrected chi connectivity index (χ0v) is 21.2. The lowest BCUT2D eigenvalue weighted by Gasteiger charge is -2.11. The Bertz CT molecular complexity index is 1370. The number of aromatic amines is 1. The number of pyridine rings is 1. The van der Waals surface area contributed by atoms with E-state index in [-0.39, 0.29) is 18.2 Å². The highest BCUT2D eigenvalue weighted by atomic mass is 16.5. The Morgan fingerprint density at radius 3 is 2.75 bits per heavy atom. The van der Waals surface area contributed by atoms with Crippen LogP contribution < -0.4 is 10.6 Å². The number of fused-ring (bicyclic) bond motifs is 2. The molecule has 1 aromatic carbocycles. The molecule has 0 bridgehead atoms. The van der Waals surface area contributed by atoms with Crippen LogP contribution in [-0.2, 0) is 27.2 Å². The van der Waals surface area contributed by atoms with Crippen LogP contribution in [0.25, 0.3) is 21.9 Å². The molecule has 36 heavy (non-hydrogen) atoms. The molecular formula is C27H33N5O4. The van der Waals surface area contributed by atoms with Gasteiger partial charge in [-0.05, 0) is 30.0 Å². The Hall–Kier alpha value is -3.85. The van der Waals surface area contributed by atoms with Crippen LogP contribution in [0.15, 0.2) is 42.7 Å². The van der Waals surface area contributed by atoms with E-state index in [4.69, 9.17) is 14.5 Å². The van der Waals surface area contributed by atoms with Crippen molar-refractivity contribution >= 4 is 45.2 Å². The number of esters is 1. The highest BCUT2D eigenvalue weighted by Gasteiger charge is 2.26. The maximum atomic E-state index is 13.0. The van der Waals surface area contributed by atoms with Gasteiger partial charge in [-0.25, -0.2) is 9.78 Å². The van der Waals surface area contributed by atoms with Gasteiger partial charge < -0.3 is 29.7 Å². The quantitative estimate of drug-likeness (QED) is 0.265. The van der Waals surface area contributed by atoms with E-state index in [0.717, 1.165) is 35.1 Å². The number of anilines is 2. The molecule has 4 rings (SSSR count). The molecular weight excluding hydrogens is 458 g/mol. The topological polar surface area (TPSA) is 110 Å². The van der Waals surface area contributed by atoms with Crippen LogP contribution >= 0.6 is 0 Å². The molecule has 3 heterocycles. The Balaban J connectivity index is 1.78. The number of methoxy groups -OCH3 is 2. The van der Waals surface area contributed by atoms with Gasteiger partial charge in [-0.2, -0.15) is 0 Å². The molecule has 1 unspecified atom stereocenters. The second-order valence-electron chi connectivity index (χ2n) is 8.95. The lowest BCUT2D eigenvalue weighted by molar-refractivity contribution is -0.119. The molecule has 3 aromatic heterocycles. The summed E-state index contributed by atoms with van der Waals surface area (Å²) in [4.78, 5) is 33.5. The zero-order chi connectivity index (χ0) is 25.7. The van der Waals surface area contributed by atoms with Crippen LogP contribution in [0.2, 0.25) is 0 Å². The van der Waals surface area contributed by atoms with Crippen molar-refractivity contribution in [1.29, 1.82) is 0 Å². The van der Waals surface area contributed by atoms with Crippen molar-refractivity contribution in [2.45, 2.75) is 33.2 Å². The Morgan fingerprint density at radius 1 is 1.19 bits per heavy atom. The molecule has 1 atom stereocenters. The molecule has 0 radical (unpaired) electrons. The van der Waals surface area contributed by atoms with Gasteiger partial charge in [0.25, 0.3) is 0 Å². The molecule has 190 valence electrons. The van der Waals surface area contributed by atoms with E-state index in [2.05, 4.69) is 35.5 Å². The molecule has 0 saturated heterocycles. The third-order valence-electron chi connectivity index (χ3n) is 6.45. The summed E-state index contributed by atoms with van der Waals surface area (Å²) in [7, 11) is 2.78. The Morgan fingerprint density at radius 2 is 2.00 bits per heavy atom. The molecule has 9 nitrogen and oxygen atoms in total. The lowest BCUT2D eigenvalue weighted by Crippen LogP contribution is -2.20. The van der Waals surface area contributed by atoms with Crippen molar-refractivity contribution in [3.63, 3.8) is 0 Å². The standard InChI is InChI=1S/C27H33N5O4/c1-5-17(2)13-28-19-12-21-24(31-23(33)16-35-3)25(27(34)36-4)32(26(21)30-15-19)11-10-18-14-29-22-9-7-6-8-20(18)22/h6-9,12,14-15,17,28-29H,5,10-11,13,16H2,1-4H3,(H,31,33). The summed E-state index contributed by atoms with van der Waals surface area (Å²) < 4.78 is 11.9. The monoisotopic (exact) mass is 491 g/mol. The fourth-order valence-corrected chi connectivity index (χ4v) is 4.29. The van der Waals surface area contributed by atoms with Gasteiger partial charge in [0.1, 0.15) is 12.3 Å². The van der Waals surface area contributed by atoms with Crippen molar-refractivity contribution in [2.75, 3.05) is 38.0 Å². The van der Waals surface area contributed by atoms with E-state index in [9.17, 15) is 9.59 Å². The number of nitrogens with zero attached hydrogens (tertiary/aromatic N) is 2. The zero-order valence-electron chi connectivity index (χ0n) is 21.2. The van der Waals surface area contributed by atoms with E-state index >= 15 is 0 Å². The number of carbonyl (C=O) groups excluding carboxylic acids is 2. The van der Waals surface area contributed by atoms with Crippen LogP contribution in [0.4, 0.5) is 11.4 Å². The third-order valence-corrected chi connectivity index (χ3v) is 6.45. The number of aryl methyl sites for hydroxylation is 2. The van der Waals surface area contributed by atoms with Crippen LogP contribution in [0.5, 0.6) is 0 Å². The van der Waals surface area contributed by atoms with Gasteiger partial charge >= 0.3 is 5.97 Å². The predicted molar refractivity (Wildman–Crippen MR) is 142 cm³/mol. The van der Waals surface area contributed by atoms with E-state index in [1.54, 1.807) is 6.20 Å². The maximum absolute atomic E-state index is 13.0. The van der Waals surface area contributed by atoms with Gasteiger partial charge in [0.15, 0.2) is 5.69 Å². The van der Waals surface area contributed by atoms with Gasteiger partial charge in [0.2, 0.25) is 5.91 Å². The number of benzene rings is 1. The molecule has 0 aliphatic rings. The Kier molecular flexibility index (Phi) is 7.90. The lowest BCUT2D eigenvalue weighted by atomic mass is 10.1. The van der Waals surface area contributed by atoms with Crippen molar-refractivity contribution in [3.8, 4) is 0 Å². The van der Waals surface area contributed by atoms with E-state index in [0.29, 0.717) is 35.6 Å². The molecule has 3 N–H and O–H groups in total. The first kappa shape index (κ1) is 25.2. The number of para-hydroxylation sites is 1. The molecule has 4 aromatic rings. The maximum Gasteiger partial charge on any atom is 0.356 e. The van der Waals surface area contributed by atoms with Gasteiger partial charge in [-0.1, -0.05) is 38.5 Å². The van der Waals surface area contributed by atoms with Crippen LogP contribution in [0.3, 0.4) is 0 Å². The first-order chi connectivity index (χ1) is 17.5. The molecule has 0 saturated carbocycles. The van der Waals surface area contributed by atoms with Gasteiger partial charge in [-0.3, -0.25) is 4.79 Å². The summed E-state index contributed by atoms with van der Waals surface area (Å²) in [6, 6.07) is 10.0. The highest BCUT2D eigenvalue weighted by Crippen LogP contribution is 2.33. The summed E-state index contributed by atoms with van der Waals surface area (Å²) in [5, 5.41) is 8.06. The first-order valence-electron chi connectivity index (χ1n) is 12.1. The van der Waals surface area contributed by atoms with Crippen LogP contribution in [0.1, 0.15) is 36.3 Å². The number of carbonyl (C=O) groups is 2. The molecule has 0 aliphatic carbocycles. The second kappa shape index (κ2) is 11.3. The summed E-state index contributed by atoms with van der Waals surface area (Å²) in [5.74, 6) is -0.418. The van der Waals surface area contributed by atoms with Crippen molar-refractivity contribution in [3.05, 3.63) is 54.0 Å². The number of aromatic nitrogens is 3. The second-order valence-corrected chi connectivity index (χ2v) is 8.95. The number of ether oxygens (including phenoxy) is 2. The smallest absolute Gasteiger partial charge is 0.356 e. The minimum absolute atomic E-state index is 0.137. The fraction of sp³-hybridized carbons (Fsp3) is 0.370. The van der Waals surface area contributed by atoms with Gasteiger partial charge in [0, 0.05) is 42.7 Å². The van der Waals surface area contributed by atoms with Gasteiger partial charge in [-0.15, -0.1) is 0 Å². The summed E-state index contributed by atoms with van der Waals surface area (Å²) >= 11 is 0. The number of hydrogen-bond acceptors (Lipinski definition) is 6. The normalized spacial score (nSPS) is 12.1. The minimum atomic E-state index is -0.547. The molecule has 0 aliphatic heterocycles. The largest absolute Gasteiger partial charge is 0.464 e. The Labute approximate surface area is 210 Å². The first-order valence-corrected chi connectivity index (χ1v) is 12.1. The number of H-pyrrole nitrogens is 1. The summed E-state index contributed by atoms with van der Waals surface area (Å²) in [6.45, 7) is 5.44. The molecule has 0 fully saturated rings. The number of amides is 1. The predicted octanol–water partition coefficient (Wildman–Crippen LogP) is 4.59. The summed E-state index contributed by atoms with van der Waals surface area (Å²) in [6.07, 6.45) is 5.45.